The third kappa shape index (κ3) is 21.1. The van der Waals surface area contributed by atoms with E-state index in [4.69, 9.17) is 33.0 Å². The molecule has 3 aromatic carbocycles. The monoisotopic (exact) mass is 1080 g/mol. The van der Waals surface area contributed by atoms with Crippen molar-refractivity contribution in [1.82, 2.24) is 31.9 Å². The van der Waals surface area contributed by atoms with Crippen LogP contribution < -0.4 is 36.6 Å². The molecule has 20 nitrogen and oxygen atoms in total. The van der Waals surface area contributed by atoms with Gasteiger partial charge in [0.2, 0.25) is 35.4 Å². The van der Waals surface area contributed by atoms with Gasteiger partial charge >= 0.3 is 24.1 Å². The van der Waals surface area contributed by atoms with Crippen LogP contribution in [0.1, 0.15) is 81.5 Å². The Morgan fingerprint density at radius 1 is 0.622 bits per heavy atom. The number of carboxylic acids is 3. The van der Waals surface area contributed by atoms with Crippen LogP contribution in [0.2, 0.25) is 10.0 Å². The first-order chi connectivity index (χ1) is 34.6. The van der Waals surface area contributed by atoms with E-state index in [1.807, 2.05) is 5.32 Å². The molecule has 0 fully saturated rings. The van der Waals surface area contributed by atoms with Gasteiger partial charge < -0.3 is 56.8 Å². The van der Waals surface area contributed by atoms with Gasteiger partial charge in [0.15, 0.2) is 0 Å². The SMILES string of the molecule is Cc1ccccc1C[C@H](NC(=O)[C@H](CCC(=O)O)NC(=O)[C@H](CC(=O)O)NC(=O)CCC(=O)O)C(=O)N[C@H](C(=O)N[C@@H](Cc1ccc(OCc2c(Cl)cccc2Cl)cc1)C(=O)NC(C=O)CC(F)(F)F)C(C)(C)C. The fourth-order valence-corrected chi connectivity index (χ4v) is 7.56. The molecule has 74 heavy (non-hydrogen) atoms. The fourth-order valence-electron chi connectivity index (χ4n) is 7.05. The number of hydrogen-bond acceptors (Lipinski definition) is 11. The Labute approximate surface area is 432 Å². The average molecular weight is 1080 g/mol. The molecule has 25 heteroatoms. The van der Waals surface area contributed by atoms with E-state index >= 15 is 0 Å². The zero-order chi connectivity index (χ0) is 55.5. The van der Waals surface area contributed by atoms with Crippen LogP contribution in [0.3, 0.4) is 0 Å². The van der Waals surface area contributed by atoms with E-state index in [-0.39, 0.29) is 25.7 Å². The topological polar surface area (TPSA) is 313 Å². The summed E-state index contributed by atoms with van der Waals surface area (Å²) in [5, 5.41) is 42.4. The smallest absolute Gasteiger partial charge is 0.391 e. The molecular weight excluding hydrogens is 1020 g/mol. The van der Waals surface area contributed by atoms with Crippen molar-refractivity contribution in [2.45, 2.75) is 128 Å². The highest BCUT2D eigenvalue weighted by Gasteiger charge is 2.39. The number of ether oxygens (including phenoxy) is 1. The zero-order valence-corrected chi connectivity index (χ0v) is 42.0. The molecule has 6 amide bonds. The minimum atomic E-state index is -4.87. The van der Waals surface area contributed by atoms with Gasteiger partial charge in [-0.3, -0.25) is 43.2 Å². The Kier molecular flexibility index (Phi) is 23.3. The summed E-state index contributed by atoms with van der Waals surface area (Å²) in [4.78, 5) is 129. The van der Waals surface area contributed by atoms with Crippen molar-refractivity contribution in [2.75, 3.05) is 0 Å². The molecule has 0 spiro atoms. The quantitative estimate of drug-likeness (QED) is 0.0465. The van der Waals surface area contributed by atoms with E-state index in [0.29, 0.717) is 38.0 Å². The molecule has 0 saturated heterocycles. The van der Waals surface area contributed by atoms with Crippen molar-refractivity contribution in [3.63, 3.8) is 0 Å². The summed E-state index contributed by atoms with van der Waals surface area (Å²) in [6.07, 6.45) is -11.1. The molecule has 3 rings (SSSR count). The van der Waals surface area contributed by atoms with Crippen molar-refractivity contribution in [3.05, 3.63) is 99.0 Å². The standard InChI is InChI=1S/C49H57Cl2F3N6O14/c1-26-8-5-6-9-28(26)21-36(58-43(69)34(16-18-39(63)64)57-45(71)37(22-41(67)68)56-38(62)17-19-40(65)66)46(72)60-42(48(2,3)4)47(73)59-35(44(70)55-29(24-61)23-49(52,53)54)20-27-12-14-30(15-13-27)74-25-31-32(50)10-7-11-33(31)51/h5-15,24,29,34-37,42H,16-23,25H2,1-4H3,(H,55,70)(H,56,62)(H,57,71)(H,58,69)(H,59,73)(H,60,72)(H,63,64)(H,65,66)(H,67,68)/t29?,34-,35-,36-,37-,42+/m0/s1. The van der Waals surface area contributed by atoms with Crippen LogP contribution in [0.5, 0.6) is 5.75 Å². The third-order valence-corrected chi connectivity index (χ3v) is 11.7. The van der Waals surface area contributed by atoms with Crippen LogP contribution in [0.25, 0.3) is 0 Å². The summed E-state index contributed by atoms with van der Waals surface area (Å²) in [5.41, 5.74) is 0.748. The van der Waals surface area contributed by atoms with Gasteiger partial charge in [-0.05, 0) is 59.7 Å². The summed E-state index contributed by atoms with van der Waals surface area (Å²) in [6, 6.07) is 6.91. The second kappa shape index (κ2) is 28.3. The average Bonchev–Trinajstić information content (AvgIpc) is 3.30. The fraction of sp³-hybridized carbons (Fsp3) is 0.429. The molecule has 0 aromatic heterocycles. The third-order valence-electron chi connectivity index (χ3n) is 11.0. The second-order valence-corrected chi connectivity index (χ2v) is 18.9. The van der Waals surface area contributed by atoms with Crippen molar-refractivity contribution >= 4 is 82.8 Å². The summed E-state index contributed by atoms with van der Waals surface area (Å²) in [7, 11) is 0. The molecule has 0 radical (unpaired) electrons. The van der Waals surface area contributed by atoms with Crippen molar-refractivity contribution in [3.8, 4) is 5.75 Å². The van der Waals surface area contributed by atoms with Crippen LogP contribution >= 0.6 is 23.2 Å². The van der Waals surface area contributed by atoms with Gasteiger partial charge in [0.25, 0.3) is 0 Å². The molecule has 9 N–H and O–H groups in total. The van der Waals surface area contributed by atoms with Gasteiger partial charge in [-0.25, -0.2) is 0 Å². The van der Waals surface area contributed by atoms with Crippen molar-refractivity contribution in [1.29, 1.82) is 0 Å². The predicted molar refractivity (Wildman–Crippen MR) is 260 cm³/mol. The first kappa shape index (κ1) is 61.0. The van der Waals surface area contributed by atoms with Crippen LogP contribution in [0, 0.1) is 12.3 Å². The minimum absolute atomic E-state index is 0.0305. The first-order valence-corrected chi connectivity index (χ1v) is 23.5. The molecular formula is C49H57Cl2F3N6O14. The number of alkyl halides is 3. The predicted octanol–water partition coefficient (Wildman–Crippen LogP) is 3.98. The molecule has 1 unspecified atom stereocenters. The highest BCUT2D eigenvalue weighted by molar-refractivity contribution is 6.36. The van der Waals surface area contributed by atoms with E-state index in [0.717, 1.165) is 0 Å². The van der Waals surface area contributed by atoms with Crippen molar-refractivity contribution in [2.24, 2.45) is 5.41 Å². The van der Waals surface area contributed by atoms with E-state index in [2.05, 4.69) is 26.6 Å². The highest BCUT2D eigenvalue weighted by Crippen LogP contribution is 2.27. The Bertz CT molecular complexity index is 2510. The molecule has 0 heterocycles. The number of carbonyl (C=O) groups is 10. The van der Waals surface area contributed by atoms with E-state index in [9.17, 15) is 71.3 Å². The zero-order valence-electron chi connectivity index (χ0n) is 40.5. The van der Waals surface area contributed by atoms with Crippen molar-refractivity contribution < 1.29 is 81.2 Å². The van der Waals surface area contributed by atoms with Crippen LogP contribution in [-0.4, -0.2) is 117 Å². The van der Waals surface area contributed by atoms with Crippen LogP contribution in [-0.2, 0) is 67.4 Å². The Morgan fingerprint density at radius 2 is 1.16 bits per heavy atom. The Hall–Kier alpha value is -7.27. The van der Waals surface area contributed by atoms with Gasteiger partial charge in [-0.2, -0.15) is 13.2 Å². The van der Waals surface area contributed by atoms with E-state index in [1.54, 1.807) is 49.4 Å². The Morgan fingerprint density at radius 3 is 1.72 bits per heavy atom. The van der Waals surface area contributed by atoms with Gasteiger partial charge in [0.05, 0.1) is 25.3 Å². The number of aryl methyl sites for hydroxylation is 1. The summed E-state index contributed by atoms with van der Waals surface area (Å²) >= 11 is 12.5. The van der Waals surface area contributed by atoms with E-state index < -0.39 is 140 Å². The summed E-state index contributed by atoms with van der Waals surface area (Å²) < 4.78 is 46.0. The number of rotatable bonds is 28. The Balaban J connectivity index is 1.98. The van der Waals surface area contributed by atoms with Gasteiger partial charge in [-0.15, -0.1) is 0 Å². The normalized spacial score (nSPS) is 13.8. The van der Waals surface area contributed by atoms with Crippen LogP contribution in [0.15, 0.2) is 66.7 Å². The van der Waals surface area contributed by atoms with Crippen LogP contribution in [0.4, 0.5) is 13.2 Å². The number of nitrogens with one attached hydrogen (secondary N) is 6. The molecule has 0 aliphatic heterocycles. The van der Waals surface area contributed by atoms with Gasteiger partial charge in [0, 0.05) is 41.3 Å². The lowest BCUT2D eigenvalue weighted by Crippen LogP contribution is -2.62. The summed E-state index contributed by atoms with van der Waals surface area (Å²) in [6.45, 7) is 6.22. The maximum absolute atomic E-state index is 14.5. The summed E-state index contributed by atoms with van der Waals surface area (Å²) in [5.74, 6) is -10.8. The number of aliphatic carboxylic acids is 3. The molecule has 3 aromatic rings. The maximum atomic E-state index is 14.5. The molecule has 0 bridgehead atoms. The van der Waals surface area contributed by atoms with Gasteiger partial charge in [0.1, 0.15) is 48.9 Å². The van der Waals surface area contributed by atoms with Gasteiger partial charge in [-0.1, -0.05) is 86.4 Å². The number of carbonyl (C=O) groups excluding carboxylic acids is 7. The highest BCUT2D eigenvalue weighted by atomic mass is 35.5. The molecule has 0 aliphatic rings. The number of benzene rings is 3. The number of hydrogen-bond donors (Lipinski definition) is 9. The molecule has 0 aliphatic carbocycles. The minimum Gasteiger partial charge on any atom is -0.489 e. The largest absolute Gasteiger partial charge is 0.489 e. The maximum Gasteiger partial charge on any atom is 0.391 e. The molecule has 6 atom stereocenters. The molecule has 0 saturated carbocycles. The number of amides is 6. The number of aldehydes is 1. The van der Waals surface area contributed by atoms with E-state index in [1.165, 1.54) is 45.0 Å². The second-order valence-electron chi connectivity index (χ2n) is 18.1. The first-order valence-electron chi connectivity index (χ1n) is 22.7. The number of halogens is 5. The number of carboxylic acid groups (broad SMARTS) is 3. The lowest BCUT2D eigenvalue weighted by atomic mass is 9.85. The molecule has 402 valence electrons. The lowest BCUT2D eigenvalue weighted by Gasteiger charge is -2.33. The lowest BCUT2D eigenvalue weighted by molar-refractivity contribution is -0.147.